The van der Waals surface area contributed by atoms with E-state index in [4.69, 9.17) is 9.63 Å². The van der Waals surface area contributed by atoms with Crippen molar-refractivity contribution in [3.8, 4) is 0 Å². The molecular formula is C7H13N3O2. The summed E-state index contributed by atoms with van der Waals surface area (Å²) in [6.45, 7) is 4.51. The second-order valence-electron chi connectivity index (χ2n) is 2.72. The number of nitrogens with zero attached hydrogens (tertiary/aromatic N) is 2. The molecule has 0 saturated carbocycles. The second-order valence-corrected chi connectivity index (χ2v) is 2.72. The zero-order valence-corrected chi connectivity index (χ0v) is 7.24. The molecule has 0 aromatic carbocycles. The summed E-state index contributed by atoms with van der Waals surface area (Å²) in [5.41, 5.74) is 0. The fraction of sp³-hybridized carbons (Fsp3) is 0.714. The summed E-state index contributed by atoms with van der Waals surface area (Å²) in [5, 5.41) is 15.5. The molecule has 0 aliphatic rings. The molecular weight excluding hydrogens is 158 g/mol. The highest BCUT2D eigenvalue weighted by Gasteiger charge is 2.01. The Balaban J connectivity index is 2.24. The molecule has 0 bridgehead atoms. The highest BCUT2D eigenvalue weighted by atomic mass is 16.5. The van der Waals surface area contributed by atoms with Crippen molar-refractivity contribution >= 4 is 0 Å². The van der Waals surface area contributed by atoms with Crippen molar-refractivity contribution in [1.29, 1.82) is 0 Å². The number of hydrogen-bond acceptors (Lipinski definition) is 5. The molecule has 0 radical (unpaired) electrons. The molecule has 0 unspecified atom stereocenters. The van der Waals surface area contributed by atoms with E-state index in [1.54, 1.807) is 13.8 Å². The Bertz CT molecular complexity index is 234. The van der Waals surface area contributed by atoms with Crippen LogP contribution >= 0.6 is 0 Å². The van der Waals surface area contributed by atoms with Crippen molar-refractivity contribution < 1.29 is 9.63 Å². The third-order valence-corrected chi connectivity index (χ3v) is 1.29. The number of aliphatic hydroxyl groups excluding tert-OH is 1. The summed E-state index contributed by atoms with van der Waals surface area (Å²) in [6, 6.07) is 0. The van der Waals surface area contributed by atoms with Gasteiger partial charge in [0, 0.05) is 6.54 Å². The first-order chi connectivity index (χ1) is 5.68. The lowest BCUT2D eigenvalue weighted by Crippen LogP contribution is -2.23. The van der Waals surface area contributed by atoms with Gasteiger partial charge in [0.15, 0.2) is 5.82 Å². The predicted octanol–water partition coefficient (Wildman–Crippen LogP) is -0.152. The molecule has 2 N–H and O–H groups in total. The van der Waals surface area contributed by atoms with Gasteiger partial charge in [-0.15, -0.1) is 0 Å². The number of nitrogens with one attached hydrogen (secondary N) is 1. The summed E-state index contributed by atoms with van der Waals surface area (Å²) < 4.78 is 4.84. The highest BCUT2D eigenvalue weighted by molar-refractivity contribution is 4.81. The normalized spacial score (nSPS) is 13.2. The maximum absolute atomic E-state index is 8.91. The minimum absolute atomic E-state index is 0.353. The van der Waals surface area contributed by atoms with E-state index in [-0.39, 0.29) is 6.10 Å². The average Bonchev–Trinajstić information content (AvgIpc) is 2.35. The largest absolute Gasteiger partial charge is 0.392 e. The Hall–Kier alpha value is -0.940. The van der Waals surface area contributed by atoms with Crippen molar-refractivity contribution in [2.24, 2.45) is 0 Å². The Morgan fingerprint density at radius 2 is 2.42 bits per heavy atom. The number of aliphatic hydroxyl groups is 1. The monoisotopic (exact) mass is 171 g/mol. The third kappa shape index (κ3) is 2.98. The van der Waals surface area contributed by atoms with Crippen LogP contribution in [0.15, 0.2) is 4.52 Å². The average molecular weight is 171 g/mol. The molecule has 0 aliphatic carbocycles. The topological polar surface area (TPSA) is 71.2 Å². The van der Waals surface area contributed by atoms with E-state index < -0.39 is 0 Å². The minimum Gasteiger partial charge on any atom is -0.392 e. The molecule has 0 fully saturated rings. The van der Waals surface area contributed by atoms with E-state index in [2.05, 4.69) is 15.5 Å². The third-order valence-electron chi connectivity index (χ3n) is 1.29. The van der Waals surface area contributed by atoms with Gasteiger partial charge in [-0.1, -0.05) is 5.16 Å². The van der Waals surface area contributed by atoms with Gasteiger partial charge in [0.2, 0.25) is 5.89 Å². The van der Waals surface area contributed by atoms with Gasteiger partial charge in [-0.25, -0.2) is 0 Å². The number of rotatable bonds is 4. The number of aryl methyl sites for hydroxylation is 1. The summed E-state index contributed by atoms with van der Waals surface area (Å²) in [4.78, 5) is 3.99. The zero-order valence-electron chi connectivity index (χ0n) is 7.24. The van der Waals surface area contributed by atoms with Gasteiger partial charge in [-0.3, -0.25) is 0 Å². The van der Waals surface area contributed by atoms with E-state index in [0.29, 0.717) is 24.8 Å². The van der Waals surface area contributed by atoms with E-state index in [1.807, 2.05) is 0 Å². The van der Waals surface area contributed by atoms with Crippen LogP contribution in [0.5, 0.6) is 0 Å². The summed E-state index contributed by atoms with van der Waals surface area (Å²) in [5.74, 6) is 1.18. The molecule has 0 aliphatic heterocycles. The molecule has 5 heteroatoms. The van der Waals surface area contributed by atoms with E-state index >= 15 is 0 Å². The number of aromatic nitrogens is 2. The van der Waals surface area contributed by atoms with Gasteiger partial charge in [0.05, 0.1) is 12.6 Å². The van der Waals surface area contributed by atoms with Gasteiger partial charge in [-0.05, 0) is 13.8 Å². The van der Waals surface area contributed by atoms with Crippen LogP contribution < -0.4 is 5.32 Å². The molecule has 68 valence electrons. The maximum atomic E-state index is 8.91. The molecule has 12 heavy (non-hydrogen) atoms. The molecule has 1 aromatic heterocycles. The Morgan fingerprint density at radius 1 is 1.67 bits per heavy atom. The zero-order chi connectivity index (χ0) is 8.97. The first kappa shape index (κ1) is 9.15. The van der Waals surface area contributed by atoms with Gasteiger partial charge < -0.3 is 14.9 Å². The lowest BCUT2D eigenvalue weighted by atomic mass is 10.4. The molecule has 0 saturated heterocycles. The van der Waals surface area contributed by atoms with Gasteiger partial charge in [0.1, 0.15) is 0 Å². The van der Waals surface area contributed by atoms with Crippen molar-refractivity contribution in [3.63, 3.8) is 0 Å². The van der Waals surface area contributed by atoms with Crippen LogP contribution in [0.2, 0.25) is 0 Å². The second kappa shape index (κ2) is 4.18. The highest BCUT2D eigenvalue weighted by Crippen LogP contribution is 1.94. The molecule has 1 heterocycles. The fourth-order valence-electron chi connectivity index (χ4n) is 0.800. The Labute approximate surface area is 70.8 Å². The lowest BCUT2D eigenvalue weighted by molar-refractivity contribution is 0.189. The molecule has 5 nitrogen and oxygen atoms in total. The Kier molecular flexibility index (Phi) is 3.19. The van der Waals surface area contributed by atoms with Crippen molar-refractivity contribution in [3.05, 3.63) is 11.7 Å². The first-order valence-corrected chi connectivity index (χ1v) is 3.86. The first-order valence-electron chi connectivity index (χ1n) is 3.86. The van der Waals surface area contributed by atoms with E-state index in [0.717, 1.165) is 0 Å². The van der Waals surface area contributed by atoms with Gasteiger partial charge >= 0.3 is 0 Å². The van der Waals surface area contributed by atoms with Crippen LogP contribution in [0.25, 0.3) is 0 Å². The van der Waals surface area contributed by atoms with Crippen LogP contribution in [0.4, 0.5) is 0 Å². The molecule has 0 spiro atoms. The van der Waals surface area contributed by atoms with E-state index in [1.165, 1.54) is 0 Å². The Morgan fingerprint density at radius 3 is 2.92 bits per heavy atom. The van der Waals surface area contributed by atoms with Crippen molar-refractivity contribution in [1.82, 2.24) is 15.5 Å². The standard InChI is InChI=1S/C7H13N3O2/c1-5(11)3-8-4-7-9-6(2)10-12-7/h5,8,11H,3-4H2,1-2H3/t5-/m0/s1. The van der Waals surface area contributed by atoms with Crippen LogP contribution in [-0.2, 0) is 6.54 Å². The van der Waals surface area contributed by atoms with Crippen molar-refractivity contribution in [2.45, 2.75) is 26.5 Å². The molecule has 0 amide bonds. The summed E-state index contributed by atoms with van der Waals surface area (Å²) in [7, 11) is 0. The smallest absolute Gasteiger partial charge is 0.240 e. The predicted molar refractivity (Wildman–Crippen MR) is 42.4 cm³/mol. The SMILES string of the molecule is Cc1noc(CNC[C@H](C)O)n1. The van der Waals surface area contributed by atoms with Crippen molar-refractivity contribution in [2.75, 3.05) is 6.54 Å². The van der Waals surface area contributed by atoms with Crippen LogP contribution in [0.3, 0.4) is 0 Å². The fourth-order valence-corrected chi connectivity index (χ4v) is 0.800. The van der Waals surface area contributed by atoms with Crippen LogP contribution in [0, 0.1) is 6.92 Å². The van der Waals surface area contributed by atoms with Crippen LogP contribution in [0.1, 0.15) is 18.6 Å². The maximum Gasteiger partial charge on any atom is 0.240 e. The molecule has 1 atom stereocenters. The summed E-state index contributed by atoms with van der Waals surface area (Å²) >= 11 is 0. The molecule has 1 rings (SSSR count). The van der Waals surface area contributed by atoms with Gasteiger partial charge in [0.25, 0.3) is 0 Å². The number of hydrogen-bond donors (Lipinski definition) is 2. The minimum atomic E-state index is -0.353. The quantitative estimate of drug-likeness (QED) is 0.659. The lowest BCUT2D eigenvalue weighted by Gasteiger charge is -2.02. The van der Waals surface area contributed by atoms with E-state index in [9.17, 15) is 0 Å². The molecule has 1 aromatic rings. The van der Waals surface area contributed by atoms with Crippen LogP contribution in [-0.4, -0.2) is 27.9 Å². The summed E-state index contributed by atoms with van der Waals surface area (Å²) in [6.07, 6.45) is -0.353. The van der Waals surface area contributed by atoms with Gasteiger partial charge in [-0.2, -0.15) is 4.98 Å².